The lowest BCUT2D eigenvalue weighted by Gasteiger charge is -2.24. The minimum atomic E-state index is -1.76. The third kappa shape index (κ3) is 2.53. The van der Waals surface area contributed by atoms with Crippen LogP contribution in [-0.4, -0.2) is 29.6 Å². The Morgan fingerprint density at radius 3 is 2.55 bits per heavy atom. The molecule has 0 aromatic carbocycles. The van der Waals surface area contributed by atoms with E-state index in [0.717, 1.165) is 0 Å². The van der Waals surface area contributed by atoms with Crippen LogP contribution in [0.15, 0.2) is 12.7 Å². The molecule has 1 N–H and O–H groups in total. The SMILES string of the molecule is C=CC[P+]1(O)CCC(F)CC1. The number of alkyl halides is 1. The van der Waals surface area contributed by atoms with E-state index in [2.05, 4.69) is 6.58 Å². The van der Waals surface area contributed by atoms with Gasteiger partial charge in [-0.25, -0.2) is 4.39 Å². The summed E-state index contributed by atoms with van der Waals surface area (Å²) in [7, 11) is -1.76. The normalized spacial score (nSPS) is 38.5. The monoisotopic (exact) mass is 177 g/mol. The highest BCUT2D eigenvalue weighted by atomic mass is 31.2. The van der Waals surface area contributed by atoms with Crippen LogP contribution < -0.4 is 0 Å². The van der Waals surface area contributed by atoms with Crippen molar-refractivity contribution in [2.75, 3.05) is 18.5 Å². The van der Waals surface area contributed by atoms with Gasteiger partial charge in [0.1, 0.15) is 19.8 Å². The zero-order valence-corrected chi connectivity index (χ0v) is 7.56. The molecule has 0 aromatic heterocycles. The molecule has 0 spiro atoms. The highest BCUT2D eigenvalue weighted by Crippen LogP contribution is 2.58. The van der Waals surface area contributed by atoms with E-state index in [-0.39, 0.29) is 0 Å². The van der Waals surface area contributed by atoms with Crippen LogP contribution in [0.2, 0.25) is 0 Å². The van der Waals surface area contributed by atoms with E-state index in [9.17, 15) is 9.28 Å². The number of rotatable bonds is 2. The van der Waals surface area contributed by atoms with Gasteiger partial charge in [-0.2, -0.15) is 0 Å². The zero-order valence-electron chi connectivity index (χ0n) is 6.67. The van der Waals surface area contributed by atoms with Gasteiger partial charge in [0.2, 0.25) is 0 Å². The number of halogens is 1. The Hall–Kier alpha value is 0.0600. The van der Waals surface area contributed by atoms with Gasteiger partial charge in [-0.3, -0.25) is 4.89 Å². The molecule has 0 aliphatic carbocycles. The molecule has 0 radical (unpaired) electrons. The Kier molecular flexibility index (Phi) is 3.03. The summed E-state index contributed by atoms with van der Waals surface area (Å²) in [5.74, 6) is 0. The van der Waals surface area contributed by atoms with Gasteiger partial charge in [0.05, 0.1) is 12.3 Å². The molecule has 0 atom stereocenters. The fourth-order valence-corrected chi connectivity index (χ4v) is 4.03. The van der Waals surface area contributed by atoms with Gasteiger partial charge in [0.25, 0.3) is 0 Å². The lowest BCUT2D eigenvalue weighted by atomic mass is 10.2. The maximum absolute atomic E-state index is 12.6. The van der Waals surface area contributed by atoms with E-state index in [1.807, 2.05) is 0 Å². The molecule has 1 fully saturated rings. The highest BCUT2D eigenvalue weighted by Gasteiger charge is 2.39. The second-order valence-corrected chi connectivity index (χ2v) is 6.64. The fourth-order valence-electron chi connectivity index (χ4n) is 1.44. The summed E-state index contributed by atoms with van der Waals surface area (Å²) in [6, 6.07) is 0. The zero-order chi connectivity index (χ0) is 8.32. The van der Waals surface area contributed by atoms with Crippen LogP contribution in [0.25, 0.3) is 0 Å². The van der Waals surface area contributed by atoms with Crippen molar-refractivity contribution in [3.63, 3.8) is 0 Å². The van der Waals surface area contributed by atoms with Crippen LogP contribution >= 0.6 is 7.49 Å². The van der Waals surface area contributed by atoms with Crippen molar-refractivity contribution >= 4 is 7.49 Å². The van der Waals surface area contributed by atoms with E-state index in [0.29, 0.717) is 31.3 Å². The third-order valence-electron chi connectivity index (χ3n) is 2.19. The third-order valence-corrected chi connectivity index (χ3v) is 5.31. The van der Waals surface area contributed by atoms with Crippen LogP contribution in [0.1, 0.15) is 12.8 Å². The number of allylic oxidation sites excluding steroid dienone is 1. The molecule has 0 bridgehead atoms. The molecule has 0 aromatic rings. The molecule has 11 heavy (non-hydrogen) atoms. The predicted molar refractivity (Wildman–Crippen MR) is 48.1 cm³/mol. The lowest BCUT2D eigenvalue weighted by Crippen LogP contribution is -2.19. The van der Waals surface area contributed by atoms with Crippen molar-refractivity contribution < 1.29 is 9.28 Å². The number of hydrogen-bond donors (Lipinski definition) is 1. The Morgan fingerprint density at radius 2 is 2.09 bits per heavy atom. The van der Waals surface area contributed by atoms with Crippen LogP contribution in [0.5, 0.6) is 0 Å². The summed E-state index contributed by atoms with van der Waals surface area (Å²) in [6.07, 6.45) is 4.29. The molecule has 1 rings (SSSR count). The second-order valence-electron chi connectivity index (χ2n) is 3.19. The van der Waals surface area contributed by atoms with Crippen molar-refractivity contribution in [1.29, 1.82) is 0 Å². The molecule has 0 saturated carbocycles. The first-order chi connectivity index (χ1) is 5.16. The maximum atomic E-state index is 12.6. The number of hydrogen-bond acceptors (Lipinski definition) is 1. The van der Waals surface area contributed by atoms with E-state index >= 15 is 0 Å². The summed E-state index contributed by atoms with van der Waals surface area (Å²) in [4.78, 5) is 9.86. The molecule has 1 aliphatic rings. The van der Waals surface area contributed by atoms with Gasteiger partial charge >= 0.3 is 0 Å². The van der Waals surface area contributed by atoms with Crippen molar-refractivity contribution in [3.8, 4) is 0 Å². The molecule has 0 amide bonds. The Labute approximate surface area is 67.7 Å². The first kappa shape index (κ1) is 9.15. The quantitative estimate of drug-likeness (QED) is 0.506. The predicted octanol–water partition coefficient (Wildman–Crippen LogP) is 2.23. The van der Waals surface area contributed by atoms with E-state index in [1.54, 1.807) is 6.08 Å². The Bertz CT molecular complexity index is 141. The van der Waals surface area contributed by atoms with Gasteiger partial charge in [-0.05, 0) is 0 Å². The Morgan fingerprint density at radius 1 is 1.55 bits per heavy atom. The summed E-state index contributed by atoms with van der Waals surface area (Å²) >= 11 is 0. The minimum absolute atomic E-state index is 0.554. The van der Waals surface area contributed by atoms with Gasteiger partial charge in [0, 0.05) is 12.8 Å². The summed E-state index contributed by atoms with van der Waals surface area (Å²) in [5.41, 5.74) is 0. The first-order valence-corrected chi connectivity index (χ1v) is 6.30. The Balaban J connectivity index is 2.41. The fraction of sp³-hybridized carbons (Fsp3) is 0.750. The lowest BCUT2D eigenvalue weighted by molar-refractivity contribution is 0.305. The molecule has 64 valence electrons. The van der Waals surface area contributed by atoms with Crippen LogP contribution in [0, 0.1) is 0 Å². The molecule has 3 heteroatoms. The molecule has 0 unspecified atom stereocenters. The van der Waals surface area contributed by atoms with E-state index in [1.165, 1.54) is 0 Å². The first-order valence-electron chi connectivity index (χ1n) is 4.00. The van der Waals surface area contributed by atoms with Crippen LogP contribution in [0.3, 0.4) is 0 Å². The molecular formula is C8H15FOP+. The van der Waals surface area contributed by atoms with Crippen LogP contribution in [-0.2, 0) is 0 Å². The summed E-state index contributed by atoms with van der Waals surface area (Å²) < 4.78 is 12.6. The minimum Gasteiger partial charge on any atom is -0.251 e. The molecule has 1 heterocycles. The highest BCUT2D eigenvalue weighted by molar-refractivity contribution is 7.70. The van der Waals surface area contributed by atoms with Gasteiger partial charge in [-0.15, -0.1) is 0 Å². The maximum Gasteiger partial charge on any atom is 0.146 e. The van der Waals surface area contributed by atoms with Gasteiger partial charge < -0.3 is 0 Å². The average Bonchev–Trinajstić information content (AvgIpc) is 1.97. The average molecular weight is 177 g/mol. The molecule has 1 nitrogen and oxygen atoms in total. The molecule has 1 saturated heterocycles. The largest absolute Gasteiger partial charge is 0.251 e. The topological polar surface area (TPSA) is 20.2 Å². The smallest absolute Gasteiger partial charge is 0.146 e. The van der Waals surface area contributed by atoms with Crippen LogP contribution in [0.4, 0.5) is 4.39 Å². The second kappa shape index (κ2) is 3.64. The van der Waals surface area contributed by atoms with Crippen molar-refractivity contribution in [2.24, 2.45) is 0 Å². The van der Waals surface area contributed by atoms with Gasteiger partial charge in [0.15, 0.2) is 0 Å². The molecular weight excluding hydrogens is 162 g/mol. The molecule has 1 aliphatic heterocycles. The summed E-state index contributed by atoms with van der Waals surface area (Å²) in [6.45, 7) is 3.59. The standard InChI is InChI=1S/C8H15FOP/c1-2-5-11(10)6-3-8(9)4-7-11/h2,8,10H,1,3-7H2/q+1. The van der Waals surface area contributed by atoms with Crippen molar-refractivity contribution in [1.82, 2.24) is 0 Å². The van der Waals surface area contributed by atoms with Gasteiger partial charge in [-0.1, -0.05) is 12.7 Å². The van der Waals surface area contributed by atoms with Crippen molar-refractivity contribution in [3.05, 3.63) is 12.7 Å². The van der Waals surface area contributed by atoms with E-state index < -0.39 is 13.7 Å². The summed E-state index contributed by atoms with van der Waals surface area (Å²) in [5, 5.41) is 0. The van der Waals surface area contributed by atoms with E-state index in [4.69, 9.17) is 0 Å². The van der Waals surface area contributed by atoms with Crippen molar-refractivity contribution in [2.45, 2.75) is 19.0 Å².